The SMILES string of the molecule is CC(C)C(=O)[C@@H](O)CCNN. The summed E-state index contributed by atoms with van der Waals surface area (Å²) in [5.41, 5.74) is 2.38. The number of ketones is 1. The summed E-state index contributed by atoms with van der Waals surface area (Å²) in [4.78, 5) is 11.0. The Balaban J connectivity index is 3.64. The van der Waals surface area contributed by atoms with Gasteiger partial charge < -0.3 is 5.11 Å². The zero-order valence-corrected chi connectivity index (χ0v) is 7.00. The highest BCUT2D eigenvalue weighted by molar-refractivity contribution is 5.84. The van der Waals surface area contributed by atoms with Gasteiger partial charge in [0.1, 0.15) is 6.10 Å². The molecule has 0 radical (unpaired) electrons. The van der Waals surface area contributed by atoms with Crippen molar-refractivity contribution in [1.29, 1.82) is 0 Å². The molecule has 0 spiro atoms. The van der Waals surface area contributed by atoms with E-state index in [1.54, 1.807) is 13.8 Å². The molecule has 0 amide bonds. The van der Waals surface area contributed by atoms with E-state index in [-0.39, 0.29) is 11.7 Å². The summed E-state index contributed by atoms with van der Waals surface area (Å²) in [6.07, 6.45) is -0.487. The summed E-state index contributed by atoms with van der Waals surface area (Å²) in [5, 5.41) is 9.17. The molecule has 1 atom stereocenters. The number of carbonyl (C=O) groups is 1. The number of hydrogen-bond acceptors (Lipinski definition) is 4. The molecule has 0 aromatic rings. The monoisotopic (exact) mass is 160 g/mol. The Morgan fingerprint density at radius 2 is 2.18 bits per heavy atom. The Hall–Kier alpha value is -0.450. The van der Waals surface area contributed by atoms with Gasteiger partial charge in [-0.15, -0.1) is 0 Å². The maximum Gasteiger partial charge on any atom is 0.163 e. The first-order chi connectivity index (χ1) is 5.09. The van der Waals surface area contributed by atoms with Crippen molar-refractivity contribution in [3.63, 3.8) is 0 Å². The van der Waals surface area contributed by atoms with Gasteiger partial charge in [0.2, 0.25) is 0 Å². The highest BCUT2D eigenvalue weighted by Gasteiger charge is 2.16. The minimum Gasteiger partial charge on any atom is -0.385 e. The van der Waals surface area contributed by atoms with Crippen LogP contribution in [0, 0.1) is 5.92 Å². The lowest BCUT2D eigenvalue weighted by Crippen LogP contribution is -2.31. The van der Waals surface area contributed by atoms with E-state index in [0.29, 0.717) is 13.0 Å². The molecule has 0 aliphatic carbocycles. The molecule has 0 heterocycles. The fourth-order valence-corrected chi connectivity index (χ4v) is 0.747. The van der Waals surface area contributed by atoms with E-state index in [4.69, 9.17) is 5.84 Å². The minimum atomic E-state index is -0.869. The number of carbonyl (C=O) groups excluding carboxylic acids is 1. The first-order valence-electron chi connectivity index (χ1n) is 3.74. The Morgan fingerprint density at radius 1 is 1.64 bits per heavy atom. The second kappa shape index (κ2) is 5.23. The Morgan fingerprint density at radius 3 is 2.55 bits per heavy atom. The van der Waals surface area contributed by atoms with Crippen molar-refractivity contribution in [2.24, 2.45) is 11.8 Å². The first-order valence-corrected chi connectivity index (χ1v) is 3.74. The van der Waals surface area contributed by atoms with Crippen LogP contribution < -0.4 is 11.3 Å². The quantitative estimate of drug-likeness (QED) is 0.372. The van der Waals surface area contributed by atoms with Crippen LogP contribution in [0.1, 0.15) is 20.3 Å². The van der Waals surface area contributed by atoms with Crippen molar-refractivity contribution in [2.45, 2.75) is 26.4 Å². The van der Waals surface area contributed by atoms with Gasteiger partial charge in [0.05, 0.1) is 0 Å². The van der Waals surface area contributed by atoms with Gasteiger partial charge >= 0.3 is 0 Å². The Kier molecular flexibility index (Phi) is 5.02. The van der Waals surface area contributed by atoms with Gasteiger partial charge in [0.15, 0.2) is 5.78 Å². The lowest BCUT2D eigenvalue weighted by Gasteiger charge is -2.10. The summed E-state index contributed by atoms with van der Waals surface area (Å²) in [7, 11) is 0. The van der Waals surface area contributed by atoms with Gasteiger partial charge in [0.25, 0.3) is 0 Å². The second-order valence-corrected chi connectivity index (χ2v) is 2.82. The highest BCUT2D eigenvalue weighted by Crippen LogP contribution is 2.01. The van der Waals surface area contributed by atoms with Crippen LogP contribution in [0.5, 0.6) is 0 Å². The zero-order valence-electron chi connectivity index (χ0n) is 7.00. The summed E-state index contributed by atoms with van der Waals surface area (Å²) in [6.45, 7) is 3.99. The fraction of sp³-hybridized carbons (Fsp3) is 0.857. The number of aliphatic hydroxyl groups excluding tert-OH is 1. The van der Waals surface area contributed by atoms with Crippen molar-refractivity contribution in [3.05, 3.63) is 0 Å². The molecule has 0 saturated heterocycles. The molecule has 0 bridgehead atoms. The van der Waals surface area contributed by atoms with Gasteiger partial charge in [-0.05, 0) is 6.42 Å². The average Bonchev–Trinajstić information content (AvgIpc) is 1.98. The number of rotatable bonds is 5. The van der Waals surface area contributed by atoms with E-state index in [1.807, 2.05) is 0 Å². The maximum atomic E-state index is 11.0. The summed E-state index contributed by atoms with van der Waals surface area (Å²) in [6, 6.07) is 0. The van der Waals surface area contributed by atoms with Crippen LogP contribution in [0.3, 0.4) is 0 Å². The highest BCUT2D eigenvalue weighted by atomic mass is 16.3. The smallest absolute Gasteiger partial charge is 0.163 e. The van der Waals surface area contributed by atoms with Gasteiger partial charge in [0, 0.05) is 12.5 Å². The molecule has 0 aliphatic rings. The number of Topliss-reactive ketones (excluding diaryl/α,β-unsaturated/α-hetero) is 1. The molecule has 0 unspecified atom stereocenters. The van der Waals surface area contributed by atoms with E-state index in [2.05, 4.69) is 5.43 Å². The number of nitrogens with two attached hydrogens (primary N) is 1. The molecule has 66 valence electrons. The molecular formula is C7H16N2O2. The van der Waals surface area contributed by atoms with Gasteiger partial charge in [-0.25, -0.2) is 0 Å². The predicted octanol–water partition coefficient (Wildman–Crippen LogP) is -0.574. The van der Waals surface area contributed by atoms with Gasteiger partial charge in [-0.2, -0.15) is 0 Å². The van der Waals surface area contributed by atoms with Crippen LogP contribution in [0.15, 0.2) is 0 Å². The molecule has 4 nitrogen and oxygen atoms in total. The van der Waals surface area contributed by atoms with E-state index >= 15 is 0 Å². The summed E-state index contributed by atoms with van der Waals surface area (Å²) >= 11 is 0. The third-order valence-corrected chi connectivity index (χ3v) is 1.46. The Labute approximate surface area is 66.7 Å². The Bertz CT molecular complexity index is 126. The average molecular weight is 160 g/mol. The van der Waals surface area contributed by atoms with Crippen molar-refractivity contribution < 1.29 is 9.90 Å². The number of hydrazine groups is 1. The molecule has 0 aromatic carbocycles. The van der Waals surface area contributed by atoms with Crippen molar-refractivity contribution in [2.75, 3.05) is 6.54 Å². The molecular weight excluding hydrogens is 144 g/mol. The molecule has 0 aliphatic heterocycles. The minimum absolute atomic E-state index is 0.109. The molecule has 0 aromatic heterocycles. The lowest BCUT2D eigenvalue weighted by atomic mass is 10.0. The van der Waals surface area contributed by atoms with E-state index < -0.39 is 6.10 Å². The number of nitrogens with one attached hydrogen (secondary N) is 1. The summed E-state index contributed by atoms with van der Waals surface area (Å²) < 4.78 is 0. The van der Waals surface area contributed by atoms with Crippen LogP contribution in [-0.4, -0.2) is 23.5 Å². The third-order valence-electron chi connectivity index (χ3n) is 1.46. The van der Waals surface area contributed by atoms with Crippen molar-refractivity contribution >= 4 is 5.78 Å². The molecule has 4 heteroatoms. The van der Waals surface area contributed by atoms with E-state index in [1.165, 1.54) is 0 Å². The maximum absolute atomic E-state index is 11.0. The van der Waals surface area contributed by atoms with Crippen LogP contribution in [0.4, 0.5) is 0 Å². The second-order valence-electron chi connectivity index (χ2n) is 2.82. The largest absolute Gasteiger partial charge is 0.385 e. The predicted molar refractivity (Wildman–Crippen MR) is 42.7 cm³/mol. The molecule has 0 rings (SSSR count). The van der Waals surface area contributed by atoms with Gasteiger partial charge in [-0.3, -0.25) is 16.1 Å². The standard InChI is InChI=1S/C7H16N2O2/c1-5(2)7(11)6(10)3-4-9-8/h5-6,9-10H,3-4,8H2,1-2H3/t6-/m0/s1. The number of hydrogen-bond donors (Lipinski definition) is 3. The molecule has 0 fully saturated rings. The molecule has 0 saturated carbocycles. The van der Waals surface area contributed by atoms with Crippen LogP contribution in [0.25, 0.3) is 0 Å². The first kappa shape index (κ1) is 10.6. The van der Waals surface area contributed by atoms with Crippen molar-refractivity contribution in [3.8, 4) is 0 Å². The van der Waals surface area contributed by atoms with Crippen LogP contribution >= 0.6 is 0 Å². The fourth-order valence-electron chi connectivity index (χ4n) is 0.747. The van der Waals surface area contributed by atoms with Crippen LogP contribution in [0.2, 0.25) is 0 Å². The molecule has 11 heavy (non-hydrogen) atoms. The van der Waals surface area contributed by atoms with Crippen LogP contribution in [-0.2, 0) is 4.79 Å². The van der Waals surface area contributed by atoms with Crippen molar-refractivity contribution in [1.82, 2.24) is 5.43 Å². The lowest BCUT2D eigenvalue weighted by molar-refractivity contribution is -0.130. The van der Waals surface area contributed by atoms with E-state index in [0.717, 1.165) is 0 Å². The third kappa shape index (κ3) is 4.08. The topological polar surface area (TPSA) is 75.3 Å². The molecule has 4 N–H and O–H groups in total. The zero-order chi connectivity index (χ0) is 8.85. The normalized spacial score (nSPS) is 13.5. The number of aliphatic hydroxyl groups is 1. The van der Waals surface area contributed by atoms with Gasteiger partial charge in [-0.1, -0.05) is 13.8 Å². The van der Waals surface area contributed by atoms with E-state index in [9.17, 15) is 9.90 Å². The summed E-state index contributed by atoms with van der Waals surface area (Å²) in [5.74, 6) is 4.75.